The smallest absolute Gasteiger partial charge is 0.0625 e. The van der Waals surface area contributed by atoms with Gasteiger partial charge in [0.15, 0.2) is 0 Å². The number of nitrogens with zero attached hydrogens (tertiary/aromatic N) is 1. The van der Waals surface area contributed by atoms with Gasteiger partial charge in [-0.2, -0.15) is 5.26 Å². The fourth-order valence-electron chi connectivity index (χ4n) is 2.29. The van der Waals surface area contributed by atoms with Gasteiger partial charge >= 0.3 is 0 Å². The summed E-state index contributed by atoms with van der Waals surface area (Å²) in [5.74, 6) is 0.740. The standard InChI is InChI=1S/C15H23N/c1-12(6-5-11-16)7-9-14-10-8-13(2)15(14,3)4/h7-8,14H,5-6,9-10H2,1-4H3. The Morgan fingerprint density at radius 1 is 1.62 bits per heavy atom. The van der Waals surface area contributed by atoms with Crippen LogP contribution in [0.1, 0.15) is 53.4 Å². The van der Waals surface area contributed by atoms with Gasteiger partial charge in [-0.1, -0.05) is 37.1 Å². The van der Waals surface area contributed by atoms with Gasteiger partial charge in [-0.15, -0.1) is 0 Å². The van der Waals surface area contributed by atoms with Crippen LogP contribution in [0.25, 0.3) is 0 Å². The summed E-state index contributed by atoms with van der Waals surface area (Å²) < 4.78 is 0. The van der Waals surface area contributed by atoms with Gasteiger partial charge in [-0.3, -0.25) is 0 Å². The van der Waals surface area contributed by atoms with Gasteiger partial charge < -0.3 is 0 Å². The van der Waals surface area contributed by atoms with Gasteiger partial charge in [0.2, 0.25) is 0 Å². The lowest BCUT2D eigenvalue weighted by molar-refractivity contribution is 0.294. The van der Waals surface area contributed by atoms with E-state index in [9.17, 15) is 0 Å². The summed E-state index contributed by atoms with van der Waals surface area (Å²) in [7, 11) is 0. The lowest BCUT2D eigenvalue weighted by atomic mass is 9.76. The average molecular weight is 217 g/mol. The summed E-state index contributed by atoms with van der Waals surface area (Å²) in [5, 5.41) is 8.53. The van der Waals surface area contributed by atoms with Crippen molar-refractivity contribution < 1.29 is 0 Å². The third-order valence-corrected chi connectivity index (χ3v) is 4.13. The minimum Gasteiger partial charge on any atom is -0.198 e. The molecule has 88 valence electrons. The zero-order chi connectivity index (χ0) is 12.2. The molecule has 0 bridgehead atoms. The topological polar surface area (TPSA) is 23.8 Å². The Bertz CT molecular complexity index is 339. The first kappa shape index (κ1) is 13.0. The van der Waals surface area contributed by atoms with E-state index in [-0.39, 0.29) is 0 Å². The van der Waals surface area contributed by atoms with Gasteiger partial charge in [0, 0.05) is 6.42 Å². The molecule has 1 unspecified atom stereocenters. The predicted molar refractivity (Wildman–Crippen MR) is 68.9 cm³/mol. The first-order valence-electron chi connectivity index (χ1n) is 6.18. The van der Waals surface area contributed by atoms with Crippen LogP contribution in [0.4, 0.5) is 0 Å². The van der Waals surface area contributed by atoms with Gasteiger partial charge in [0.25, 0.3) is 0 Å². The summed E-state index contributed by atoms with van der Waals surface area (Å²) in [6.07, 6.45) is 8.64. The van der Waals surface area contributed by atoms with Crippen LogP contribution >= 0.6 is 0 Å². The molecule has 0 saturated carbocycles. The summed E-state index contributed by atoms with van der Waals surface area (Å²) >= 11 is 0. The van der Waals surface area contributed by atoms with E-state index < -0.39 is 0 Å². The molecule has 16 heavy (non-hydrogen) atoms. The molecule has 1 rings (SSSR count). The van der Waals surface area contributed by atoms with E-state index in [0.29, 0.717) is 11.8 Å². The molecule has 1 nitrogen and oxygen atoms in total. The second-order valence-electron chi connectivity index (χ2n) is 5.49. The van der Waals surface area contributed by atoms with Gasteiger partial charge in [-0.05, 0) is 44.4 Å². The number of allylic oxidation sites excluding steroid dienone is 4. The van der Waals surface area contributed by atoms with Crippen molar-refractivity contribution in [3.05, 3.63) is 23.3 Å². The van der Waals surface area contributed by atoms with Crippen LogP contribution < -0.4 is 0 Å². The molecule has 0 fully saturated rings. The summed E-state index contributed by atoms with van der Waals surface area (Å²) in [4.78, 5) is 0. The Morgan fingerprint density at radius 3 is 2.81 bits per heavy atom. The maximum atomic E-state index is 8.53. The molecule has 0 spiro atoms. The summed E-state index contributed by atoms with van der Waals surface area (Å²) in [6, 6.07) is 2.20. The Labute approximate surface area is 99.9 Å². The highest BCUT2D eigenvalue weighted by Crippen LogP contribution is 2.44. The molecule has 0 amide bonds. The van der Waals surface area contributed by atoms with Crippen LogP contribution in [0.15, 0.2) is 23.3 Å². The molecule has 1 heteroatoms. The first-order chi connectivity index (χ1) is 7.48. The normalized spacial score (nSPS) is 24.1. The largest absolute Gasteiger partial charge is 0.198 e. The number of nitriles is 1. The van der Waals surface area contributed by atoms with Crippen LogP contribution in [0.3, 0.4) is 0 Å². The monoisotopic (exact) mass is 217 g/mol. The van der Waals surface area contributed by atoms with E-state index in [4.69, 9.17) is 5.26 Å². The zero-order valence-electron chi connectivity index (χ0n) is 11.0. The number of hydrogen-bond donors (Lipinski definition) is 0. The van der Waals surface area contributed by atoms with E-state index in [0.717, 1.165) is 18.8 Å². The fraction of sp³-hybridized carbons (Fsp3) is 0.667. The quantitative estimate of drug-likeness (QED) is 0.630. The average Bonchev–Trinajstić information content (AvgIpc) is 2.49. The van der Waals surface area contributed by atoms with Crippen LogP contribution in [0.5, 0.6) is 0 Å². The van der Waals surface area contributed by atoms with Crippen molar-refractivity contribution in [3.8, 4) is 6.07 Å². The number of hydrogen-bond acceptors (Lipinski definition) is 1. The molecule has 0 aromatic heterocycles. The van der Waals surface area contributed by atoms with E-state index in [1.54, 1.807) is 0 Å². The zero-order valence-corrected chi connectivity index (χ0v) is 11.0. The molecular weight excluding hydrogens is 194 g/mol. The Balaban J connectivity index is 2.49. The lowest BCUT2D eigenvalue weighted by Crippen LogP contribution is -2.19. The summed E-state index contributed by atoms with van der Waals surface area (Å²) in [5.41, 5.74) is 3.24. The second-order valence-corrected chi connectivity index (χ2v) is 5.49. The number of rotatable bonds is 4. The van der Waals surface area contributed by atoms with Crippen LogP contribution in [-0.4, -0.2) is 0 Å². The van der Waals surface area contributed by atoms with Crippen LogP contribution in [0.2, 0.25) is 0 Å². The molecule has 0 radical (unpaired) electrons. The molecule has 0 heterocycles. The first-order valence-corrected chi connectivity index (χ1v) is 6.18. The Morgan fingerprint density at radius 2 is 2.31 bits per heavy atom. The molecule has 0 saturated heterocycles. The van der Waals surface area contributed by atoms with E-state index >= 15 is 0 Å². The van der Waals surface area contributed by atoms with Gasteiger partial charge in [-0.25, -0.2) is 0 Å². The molecule has 0 aliphatic heterocycles. The SMILES string of the molecule is CC(=CCC1CC=C(C)C1(C)C)CCC#N. The maximum Gasteiger partial charge on any atom is 0.0625 e. The fourth-order valence-corrected chi connectivity index (χ4v) is 2.29. The molecule has 1 aliphatic carbocycles. The molecule has 0 aromatic carbocycles. The maximum absolute atomic E-state index is 8.53. The summed E-state index contributed by atoms with van der Waals surface area (Å²) in [6.45, 7) is 9.07. The van der Waals surface area contributed by atoms with Gasteiger partial charge in [0.1, 0.15) is 0 Å². The highest BCUT2D eigenvalue weighted by Gasteiger charge is 2.33. The molecule has 0 aromatic rings. The van der Waals surface area contributed by atoms with Crippen molar-refractivity contribution in [1.82, 2.24) is 0 Å². The van der Waals surface area contributed by atoms with Crippen molar-refractivity contribution in [2.45, 2.75) is 53.4 Å². The van der Waals surface area contributed by atoms with Crippen molar-refractivity contribution in [3.63, 3.8) is 0 Å². The highest BCUT2D eigenvalue weighted by atomic mass is 14.4. The van der Waals surface area contributed by atoms with Crippen LogP contribution in [0, 0.1) is 22.7 Å². The predicted octanol–water partition coefficient (Wildman–Crippen LogP) is 4.62. The molecule has 1 aliphatic rings. The van der Waals surface area contributed by atoms with Crippen molar-refractivity contribution in [2.24, 2.45) is 11.3 Å². The van der Waals surface area contributed by atoms with E-state index in [1.807, 2.05) is 0 Å². The molecule has 0 N–H and O–H groups in total. The third kappa shape index (κ3) is 2.98. The van der Waals surface area contributed by atoms with Crippen LogP contribution in [-0.2, 0) is 0 Å². The third-order valence-electron chi connectivity index (χ3n) is 4.13. The van der Waals surface area contributed by atoms with Crippen molar-refractivity contribution >= 4 is 0 Å². The second kappa shape index (κ2) is 5.34. The minimum atomic E-state index is 0.353. The van der Waals surface area contributed by atoms with E-state index in [1.165, 1.54) is 17.6 Å². The van der Waals surface area contributed by atoms with Crippen molar-refractivity contribution in [1.29, 1.82) is 5.26 Å². The Kier molecular flexibility index (Phi) is 4.35. The lowest BCUT2D eigenvalue weighted by Gasteiger charge is -2.29. The Hall–Kier alpha value is -1.03. The highest BCUT2D eigenvalue weighted by molar-refractivity contribution is 5.19. The van der Waals surface area contributed by atoms with E-state index in [2.05, 4.69) is 45.9 Å². The molecule has 1 atom stereocenters. The minimum absolute atomic E-state index is 0.353. The van der Waals surface area contributed by atoms with Crippen molar-refractivity contribution in [2.75, 3.05) is 0 Å². The van der Waals surface area contributed by atoms with Gasteiger partial charge in [0.05, 0.1) is 6.07 Å². The molecular formula is C15H23N.